The summed E-state index contributed by atoms with van der Waals surface area (Å²) in [5.41, 5.74) is 4.31. The molecule has 0 spiro atoms. The number of carbonyl (C=O) groups is 1. The van der Waals surface area contributed by atoms with E-state index in [2.05, 4.69) is 44.7 Å². The minimum atomic E-state index is -0.116. The number of morpholine rings is 1. The number of anilines is 1. The molecule has 7 nitrogen and oxygen atoms in total. The summed E-state index contributed by atoms with van der Waals surface area (Å²) in [6, 6.07) is 16.2. The van der Waals surface area contributed by atoms with Crippen LogP contribution in [-0.4, -0.2) is 47.0 Å². The zero-order valence-electron chi connectivity index (χ0n) is 17.8. The van der Waals surface area contributed by atoms with Gasteiger partial charge in [0.1, 0.15) is 6.54 Å². The molecule has 4 rings (SSSR count). The summed E-state index contributed by atoms with van der Waals surface area (Å²) in [5, 5.41) is 10.2. The number of benzene rings is 2. The molecule has 2 heterocycles. The highest BCUT2D eigenvalue weighted by Gasteiger charge is 2.16. The molecule has 31 heavy (non-hydrogen) atoms. The third kappa shape index (κ3) is 5.03. The van der Waals surface area contributed by atoms with Gasteiger partial charge in [-0.3, -0.25) is 14.5 Å². The number of nitrogens with zero attached hydrogens (tertiary/aromatic N) is 3. The van der Waals surface area contributed by atoms with E-state index in [-0.39, 0.29) is 18.5 Å². The number of aromatic amines is 1. The van der Waals surface area contributed by atoms with Crippen LogP contribution in [0.1, 0.15) is 24.1 Å². The average molecular weight is 438 g/mol. The number of H-pyrrole nitrogens is 1. The highest BCUT2D eigenvalue weighted by atomic mass is 32.1. The second-order valence-electron chi connectivity index (χ2n) is 7.78. The Morgan fingerprint density at radius 3 is 2.52 bits per heavy atom. The maximum atomic E-state index is 12.8. The van der Waals surface area contributed by atoms with Crippen LogP contribution < -0.4 is 10.2 Å². The van der Waals surface area contributed by atoms with Crippen molar-refractivity contribution in [1.29, 1.82) is 0 Å². The summed E-state index contributed by atoms with van der Waals surface area (Å²) in [5.74, 6) is 0.540. The third-order valence-electron chi connectivity index (χ3n) is 5.52. The number of aromatic nitrogens is 3. The van der Waals surface area contributed by atoms with E-state index in [1.165, 1.54) is 5.69 Å². The second-order valence-corrected chi connectivity index (χ2v) is 8.17. The maximum Gasteiger partial charge on any atom is 0.240 e. The number of aryl methyl sites for hydroxylation is 1. The molecular formula is C23H27N5O2S. The van der Waals surface area contributed by atoms with Crippen LogP contribution in [0.3, 0.4) is 0 Å². The number of hydrogen-bond acceptors (Lipinski definition) is 5. The number of amides is 1. The molecule has 1 fully saturated rings. The Kier molecular flexibility index (Phi) is 6.48. The molecule has 1 aliphatic rings. The number of ether oxygens (including phenoxy) is 1. The van der Waals surface area contributed by atoms with E-state index in [4.69, 9.17) is 17.0 Å². The largest absolute Gasteiger partial charge is 0.378 e. The molecule has 1 saturated heterocycles. The van der Waals surface area contributed by atoms with Gasteiger partial charge in [-0.25, -0.2) is 0 Å². The normalized spacial score (nSPS) is 15.0. The molecule has 0 saturated carbocycles. The van der Waals surface area contributed by atoms with Gasteiger partial charge in [-0.2, -0.15) is 5.10 Å². The van der Waals surface area contributed by atoms with Crippen molar-refractivity contribution in [3.63, 3.8) is 0 Å². The molecule has 1 aliphatic heterocycles. The molecule has 3 aromatic rings. The van der Waals surface area contributed by atoms with Crippen molar-refractivity contribution in [2.24, 2.45) is 0 Å². The van der Waals surface area contributed by atoms with Crippen LogP contribution in [0.15, 0.2) is 48.5 Å². The molecule has 8 heteroatoms. The van der Waals surface area contributed by atoms with Gasteiger partial charge < -0.3 is 15.0 Å². The van der Waals surface area contributed by atoms with Crippen molar-refractivity contribution in [3.05, 3.63) is 64.4 Å². The highest BCUT2D eigenvalue weighted by Crippen LogP contribution is 2.21. The quantitative estimate of drug-likeness (QED) is 0.576. The first-order valence-electron chi connectivity index (χ1n) is 10.5. The maximum absolute atomic E-state index is 12.8. The minimum Gasteiger partial charge on any atom is -0.378 e. The van der Waals surface area contributed by atoms with Crippen LogP contribution in [0.5, 0.6) is 0 Å². The Morgan fingerprint density at radius 2 is 1.84 bits per heavy atom. The molecule has 0 radical (unpaired) electrons. The van der Waals surface area contributed by atoms with Gasteiger partial charge in [0.05, 0.1) is 19.3 Å². The van der Waals surface area contributed by atoms with Gasteiger partial charge in [-0.05, 0) is 43.8 Å². The smallest absolute Gasteiger partial charge is 0.240 e. The average Bonchev–Trinajstić information content (AvgIpc) is 3.15. The molecular weight excluding hydrogens is 410 g/mol. The van der Waals surface area contributed by atoms with E-state index in [0.717, 1.165) is 43.0 Å². The van der Waals surface area contributed by atoms with Crippen molar-refractivity contribution in [2.45, 2.75) is 26.4 Å². The summed E-state index contributed by atoms with van der Waals surface area (Å²) in [7, 11) is 0. The predicted octanol–water partition coefficient (Wildman–Crippen LogP) is 3.63. The lowest BCUT2D eigenvalue weighted by Gasteiger charge is -2.29. The van der Waals surface area contributed by atoms with Crippen molar-refractivity contribution in [2.75, 3.05) is 31.2 Å². The van der Waals surface area contributed by atoms with Crippen molar-refractivity contribution < 1.29 is 9.53 Å². The predicted molar refractivity (Wildman–Crippen MR) is 124 cm³/mol. The SMILES string of the molecule is Cc1ccc(-c2n[nH]c(=S)n2CC(=O)NC(C)c2ccc(N3CCOCC3)cc2)cc1. The van der Waals surface area contributed by atoms with E-state index in [1.807, 2.05) is 38.1 Å². The first-order chi connectivity index (χ1) is 15.0. The number of nitrogens with one attached hydrogen (secondary N) is 2. The standard InChI is InChI=1S/C23H27N5O2S/c1-16-3-5-19(6-4-16)22-25-26-23(31)28(22)15-21(29)24-17(2)18-7-9-20(10-8-18)27-11-13-30-14-12-27/h3-10,17H,11-15H2,1-2H3,(H,24,29)(H,26,31). The van der Waals surface area contributed by atoms with Gasteiger partial charge in [0.25, 0.3) is 0 Å². The lowest BCUT2D eigenvalue weighted by molar-refractivity contribution is -0.122. The second kappa shape index (κ2) is 9.45. The Balaban J connectivity index is 1.41. The fraction of sp³-hybridized carbons (Fsp3) is 0.348. The zero-order valence-corrected chi connectivity index (χ0v) is 18.6. The van der Waals surface area contributed by atoms with Crippen LogP contribution in [0.4, 0.5) is 5.69 Å². The fourth-order valence-electron chi connectivity index (χ4n) is 3.70. The Labute approximate surface area is 187 Å². The summed E-state index contributed by atoms with van der Waals surface area (Å²) in [6.45, 7) is 7.44. The third-order valence-corrected chi connectivity index (χ3v) is 5.83. The molecule has 2 aromatic carbocycles. The lowest BCUT2D eigenvalue weighted by atomic mass is 10.1. The molecule has 0 bridgehead atoms. The van der Waals surface area contributed by atoms with Crippen LogP contribution in [-0.2, 0) is 16.1 Å². The van der Waals surface area contributed by atoms with E-state index in [1.54, 1.807) is 4.57 Å². The summed E-state index contributed by atoms with van der Waals surface area (Å²) >= 11 is 5.35. The number of hydrogen-bond donors (Lipinski definition) is 2. The van der Waals surface area contributed by atoms with Gasteiger partial charge in [0, 0.05) is 24.3 Å². The summed E-state index contributed by atoms with van der Waals surface area (Å²) in [4.78, 5) is 15.1. The van der Waals surface area contributed by atoms with E-state index >= 15 is 0 Å². The van der Waals surface area contributed by atoms with Crippen molar-refractivity contribution in [1.82, 2.24) is 20.1 Å². The van der Waals surface area contributed by atoms with Crippen LogP contribution in [0.25, 0.3) is 11.4 Å². The minimum absolute atomic E-state index is 0.106. The van der Waals surface area contributed by atoms with Gasteiger partial charge in [-0.1, -0.05) is 42.0 Å². The summed E-state index contributed by atoms with van der Waals surface area (Å²) < 4.78 is 7.56. The molecule has 2 N–H and O–H groups in total. The van der Waals surface area contributed by atoms with Gasteiger partial charge in [0.15, 0.2) is 10.6 Å². The van der Waals surface area contributed by atoms with Crippen molar-refractivity contribution in [3.8, 4) is 11.4 Å². The topological polar surface area (TPSA) is 75.2 Å². The van der Waals surface area contributed by atoms with Crippen LogP contribution in [0, 0.1) is 11.7 Å². The Bertz CT molecular complexity index is 1080. The zero-order chi connectivity index (χ0) is 21.8. The molecule has 0 aliphatic carbocycles. The molecule has 1 amide bonds. The first kappa shape index (κ1) is 21.3. The molecule has 1 aromatic heterocycles. The van der Waals surface area contributed by atoms with Crippen molar-refractivity contribution >= 4 is 23.8 Å². The molecule has 1 unspecified atom stereocenters. The fourth-order valence-corrected chi connectivity index (χ4v) is 3.89. The monoisotopic (exact) mass is 437 g/mol. The number of rotatable bonds is 6. The van der Waals surface area contributed by atoms with Gasteiger partial charge >= 0.3 is 0 Å². The van der Waals surface area contributed by atoms with E-state index < -0.39 is 0 Å². The molecule has 162 valence electrons. The number of carbonyl (C=O) groups excluding carboxylic acids is 1. The highest BCUT2D eigenvalue weighted by molar-refractivity contribution is 7.71. The van der Waals surface area contributed by atoms with Crippen LogP contribution in [0.2, 0.25) is 0 Å². The molecule has 1 atom stereocenters. The van der Waals surface area contributed by atoms with Gasteiger partial charge in [-0.15, -0.1) is 0 Å². The lowest BCUT2D eigenvalue weighted by Crippen LogP contribution is -2.36. The Morgan fingerprint density at radius 1 is 1.16 bits per heavy atom. The summed E-state index contributed by atoms with van der Waals surface area (Å²) in [6.07, 6.45) is 0. The van der Waals surface area contributed by atoms with E-state index in [0.29, 0.717) is 10.6 Å². The van der Waals surface area contributed by atoms with Crippen LogP contribution >= 0.6 is 12.2 Å². The van der Waals surface area contributed by atoms with Gasteiger partial charge in [0.2, 0.25) is 5.91 Å². The first-order valence-corrected chi connectivity index (χ1v) is 10.9. The van der Waals surface area contributed by atoms with E-state index in [9.17, 15) is 4.79 Å². The Hall–Kier alpha value is -2.97.